The minimum Gasteiger partial charge on any atom is -0.468 e. The highest BCUT2D eigenvalue weighted by molar-refractivity contribution is 5.12. The molecule has 0 spiro atoms. The van der Waals surface area contributed by atoms with Crippen molar-refractivity contribution in [1.29, 1.82) is 0 Å². The van der Waals surface area contributed by atoms with Crippen molar-refractivity contribution in [3.63, 3.8) is 0 Å². The van der Waals surface area contributed by atoms with Gasteiger partial charge in [0, 0.05) is 0 Å². The van der Waals surface area contributed by atoms with Crippen LogP contribution in [0.25, 0.3) is 0 Å². The molecule has 0 aliphatic heterocycles. The van der Waals surface area contributed by atoms with Gasteiger partial charge in [-0.3, -0.25) is 0 Å². The second-order valence-electron chi connectivity index (χ2n) is 3.45. The molecule has 3 N–H and O–H groups in total. The van der Waals surface area contributed by atoms with E-state index in [4.69, 9.17) is 10.2 Å². The number of hydrogen-bond donors (Lipinski definition) is 2. The Hall–Kier alpha value is -0.800. The first-order valence-electron chi connectivity index (χ1n) is 4.24. The first-order valence-corrected chi connectivity index (χ1v) is 4.24. The van der Waals surface area contributed by atoms with Gasteiger partial charge in [-0.25, -0.2) is 0 Å². The lowest BCUT2D eigenvalue weighted by atomic mass is 9.74. The fourth-order valence-electron chi connectivity index (χ4n) is 1.58. The monoisotopic (exact) mass is 167 g/mol. The Bertz CT molecular complexity index is 252. The van der Waals surface area contributed by atoms with Crippen molar-refractivity contribution in [3.05, 3.63) is 24.2 Å². The largest absolute Gasteiger partial charge is 0.468 e. The summed E-state index contributed by atoms with van der Waals surface area (Å²) in [6, 6.07) is 3.24. The number of rotatable bonds is 2. The summed E-state index contributed by atoms with van der Waals surface area (Å²) in [6.45, 7) is 0. The van der Waals surface area contributed by atoms with Gasteiger partial charge in [0.2, 0.25) is 0 Å². The van der Waals surface area contributed by atoms with Gasteiger partial charge in [0.15, 0.2) is 0 Å². The van der Waals surface area contributed by atoms with E-state index in [-0.39, 0.29) is 6.04 Å². The minimum absolute atomic E-state index is 0.360. The van der Waals surface area contributed by atoms with E-state index in [0.29, 0.717) is 5.76 Å². The Morgan fingerprint density at radius 3 is 2.75 bits per heavy atom. The minimum atomic E-state index is -0.710. The maximum absolute atomic E-state index is 9.87. The SMILES string of the molecule is NC(c1ccco1)C1(O)CCC1. The van der Waals surface area contributed by atoms with E-state index in [1.807, 2.05) is 0 Å². The van der Waals surface area contributed by atoms with Crippen molar-refractivity contribution < 1.29 is 9.52 Å². The maximum atomic E-state index is 9.87. The third-order valence-corrected chi connectivity index (χ3v) is 2.65. The van der Waals surface area contributed by atoms with Crippen molar-refractivity contribution in [2.75, 3.05) is 0 Å². The molecule has 1 heterocycles. The molecule has 2 rings (SSSR count). The van der Waals surface area contributed by atoms with Crippen LogP contribution in [0.4, 0.5) is 0 Å². The Kier molecular flexibility index (Phi) is 1.70. The van der Waals surface area contributed by atoms with Gasteiger partial charge >= 0.3 is 0 Å². The van der Waals surface area contributed by atoms with E-state index < -0.39 is 5.60 Å². The topological polar surface area (TPSA) is 59.4 Å². The van der Waals surface area contributed by atoms with Crippen LogP contribution in [0, 0.1) is 0 Å². The number of aliphatic hydroxyl groups is 1. The lowest BCUT2D eigenvalue weighted by Crippen LogP contribution is -2.46. The third-order valence-electron chi connectivity index (χ3n) is 2.65. The zero-order valence-corrected chi connectivity index (χ0v) is 6.86. The molecule has 0 bridgehead atoms. The van der Waals surface area contributed by atoms with Gasteiger partial charge in [-0.2, -0.15) is 0 Å². The van der Waals surface area contributed by atoms with Crippen LogP contribution in [0.1, 0.15) is 31.1 Å². The van der Waals surface area contributed by atoms with Crippen LogP contribution >= 0.6 is 0 Å². The molecule has 3 nitrogen and oxygen atoms in total. The Morgan fingerprint density at radius 1 is 1.58 bits per heavy atom. The normalized spacial score (nSPS) is 23.2. The molecule has 12 heavy (non-hydrogen) atoms. The molecular weight excluding hydrogens is 154 g/mol. The lowest BCUT2D eigenvalue weighted by molar-refractivity contribution is -0.0606. The van der Waals surface area contributed by atoms with E-state index >= 15 is 0 Å². The molecule has 66 valence electrons. The molecule has 1 aliphatic carbocycles. The fourth-order valence-corrected chi connectivity index (χ4v) is 1.58. The van der Waals surface area contributed by atoms with Crippen LogP contribution in [-0.2, 0) is 0 Å². The van der Waals surface area contributed by atoms with Gasteiger partial charge in [-0.1, -0.05) is 0 Å². The van der Waals surface area contributed by atoms with E-state index in [1.54, 1.807) is 18.4 Å². The van der Waals surface area contributed by atoms with Crippen LogP contribution in [0.2, 0.25) is 0 Å². The first-order chi connectivity index (χ1) is 5.72. The van der Waals surface area contributed by atoms with Crippen LogP contribution in [0.15, 0.2) is 22.8 Å². The predicted octanol–water partition coefficient (Wildman–Crippen LogP) is 1.19. The predicted molar refractivity (Wildman–Crippen MR) is 44.4 cm³/mol. The highest BCUT2D eigenvalue weighted by atomic mass is 16.3. The van der Waals surface area contributed by atoms with Crippen LogP contribution < -0.4 is 5.73 Å². The second-order valence-corrected chi connectivity index (χ2v) is 3.45. The smallest absolute Gasteiger partial charge is 0.123 e. The summed E-state index contributed by atoms with van der Waals surface area (Å²) < 4.78 is 5.13. The molecule has 1 aliphatic rings. The van der Waals surface area contributed by atoms with Crippen molar-refractivity contribution in [1.82, 2.24) is 0 Å². The van der Waals surface area contributed by atoms with Gasteiger partial charge < -0.3 is 15.3 Å². The van der Waals surface area contributed by atoms with E-state index in [1.165, 1.54) is 0 Å². The highest BCUT2D eigenvalue weighted by Gasteiger charge is 2.42. The summed E-state index contributed by atoms with van der Waals surface area (Å²) in [6.07, 6.45) is 4.21. The molecule has 0 radical (unpaired) electrons. The number of furan rings is 1. The van der Waals surface area contributed by atoms with Gasteiger partial charge in [0.05, 0.1) is 17.9 Å². The van der Waals surface area contributed by atoms with Gasteiger partial charge in [0.25, 0.3) is 0 Å². The average Bonchev–Trinajstić information content (AvgIpc) is 2.50. The first kappa shape index (κ1) is 7.83. The molecule has 3 heteroatoms. The second kappa shape index (κ2) is 2.61. The third kappa shape index (κ3) is 1.06. The zero-order chi connectivity index (χ0) is 8.60. The summed E-state index contributed by atoms with van der Waals surface area (Å²) >= 11 is 0. The van der Waals surface area contributed by atoms with Crippen molar-refractivity contribution in [3.8, 4) is 0 Å². The summed E-state index contributed by atoms with van der Waals surface area (Å²) in [5.41, 5.74) is 5.12. The molecule has 1 atom stereocenters. The van der Waals surface area contributed by atoms with Gasteiger partial charge in [-0.05, 0) is 31.4 Å². The Labute approximate surface area is 71.2 Å². The van der Waals surface area contributed by atoms with E-state index in [0.717, 1.165) is 19.3 Å². The molecule has 1 aromatic heterocycles. The fraction of sp³-hybridized carbons (Fsp3) is 0.556. The molecule has 1 saturated carbocycles. The van der Waals surface area contributed by atoms with E-state index in [9.17, 15) is 5.11 Å². The highest BCUT2D eigenvalue weighted by Crippen LogP contribution is 2.40. The van der Waals surface area contributed by atoms with Gasteiger partial charge in [-0.15, -0.1) is 0 Å². The molecular formula is C9H13NO2. The van der Waals surface area contributed by atoms with Crippen LogP contribution in [0.5, 0.6) is 0 Å². The quantitative estimate of drug-likeness (QED) is 0.695. The molecule has 1 unspecified atom stereocenters. The summed E-state index contributed by atoms with van der Waals surface area (Å²) in [4.78, 5) is 0. The van der Waals surface area contributed by atoms with Crippen LogP contribution in [0.3, 0.4) is 0 Å². The summed E-state index contributed by atoms with van der Waals surface area (Å²) in [7, 11) is 0. The Morgan fingerprint density at radius 2 is 2.33 bits per heavy atom. The van der Waals surface area contributed by atoms with Crippen molar-refractivity contribution >= 4 is 0 Å². The zero-order valence-electron chi connectivity index (χ0n) is 6.86. The molecule has 0 aromatic carbocycles. The molecule has 1 aromatic rings. The van der Waals surface area contributed by atoms with Crippen molar-refractivity contribution in [2.24, 2.45) is 5.73 Å². The molecule has 0 amide bonds. The lowest BCUT2D eigenvalue weighted by Gasteiger charge is -2.40. The molecule has 1 fully saturated rings. The summed E-state index contributed by atoms with van der Waals surface area (Å²) in [5.74, 6) is 0.678. The van der Waals surface area contributed by atoms with Crippen molar-refractivity contribution in [2.45, 2.75) is 30.9 Å². The summed E-state index contributed by atoms with van der Waals surface area (Å²) in [5, 5.41) is 9.87. The number of hydrogen-bond acceptors (Lipinski definition) is 3. The number of nitrogens with two attached hydrogens (primary N) is 1. The average molecular weight is 167 g/mol. The van der Waals surface area contributed by atoms with Crippen LogP contribution in [-0.4, -0.2) is 10.7 Å². The van der Waals surface area contributed by atoms with E-state index in [2.05, 4.69) is 0 Å². The maximum Gasteiger partial charge on any atom is 0.123 e. The van der Waals surface area contributed by atoms with Gasteiger partial charge in [0.1, 0.15) is 5.76 Å². The standard InChI is InChI=1S/C9H13NO2/c10-8(7-3-1-6-12-7)9(11)4-2-5-9/h1,3,6,8,11H,2,4-5,10H2. The molecule has 0 saturated heterocycles. The Balaban J connectivity index is 2.14.